The molecule has 0 radical (unpaired) electrons. The van der Waals surface area contributed by atoms with Gasteiger partial charge in [0.25, 0.3) is 5.56 Å². The fourth-order valence-corrected chi connectivity index (χ4v) is 20.8. The summed E-state index contributed by atoms with van der Waals surface area (Å²) >= 11 is 13.6. The van der Waals surface area contributed by atoms with Crippen LogP contribution in [0.15, 0.2) is 100 Å². The summed E-state index contributed by atoms with van der Waals surface area (Å²) in [6.45, 7) is 9.23. The largest absolute Gasteiger partial charge is 0.268 e. The van der Waals surface area contributed by atoms with E-state index in [1.165, 1.54) is 235 Å². The van der Waals surface area contributed by atoms with Crippen molar-refractivity contribution in [2.45, 2.75) is 207 Å². The number of benzene rings is 2. The molecule has 0 spiro atoms. The molecule has 9 heterocycles. The molecule has 82 heavy (non-hydrogen) atoms. The molecule has 0 unspecified atom stereocenters. The van der Waals surface area contributed by atoms with Gasteiger partial charge in [-0.3, -0.25) is 9.20 Å². The summed E-state index contributed by atoms with van der Waals surface area (Å²) < 4.78 is 2.01. The van der Waals surface area contributed by atoms with Crippen molar-refractivity contribution in [2.75, 3.05) is 0 Å². The second-order valence-corrected chi connectivity index (χ2v) is 30.2. The van der Waals surface area contributed by atoms with Crippen molar-refractivity contribution in [1.82, 2.24) is 9.38 Å². The van der Waals surface area contributed by atoms with Crippen molar-refractivity contribution >= 4 is 118 Å². The summed E-state index contributed by atoms with van der Waals surface area (Å²) in [6, 6.07) is 32.1. The van der Waals surface area contributed by atoms with Crippen molar-refractivity contribution < 1.29 is 0 Å². The van der Waals surface area contributed by atoms with E-state index in [1.807, 2.05) is 95.9 Å². The predicted molar refractivity (Wildman–Crippen MR) is 371 cm³/mol. The minimum atomic E-state index is 0.0262. The summed E-state index contributed by atoms with van der Waals surface area (Å²) in [5.74, 6) is 0. The lowest BCUT2D eigenvalue weighted by Crippen LogP contribution is -2.13. The van der Waals surface area contributed by atoms with Crippen LogP contribution in [0.1, 0.15) is 204 Å². The van der Waals surface area contributed by atoms with E-state index in [9.17, 15) is 0 Å². The maximum atomic E-state index is 15.3. The summed E-state index contributed by atoms with van der Waals surface area (Å²) in [7, 11) is 0. The summed E-state index contributed by atoms with van der Waals surface area (Å²) in [4.78, 5) is 37.1. The van der Waals surface area contributed by atoms with Crippen molar-refractivity contribution in [3.05, 3.63) is 128 Å². The quantitative estimate of drug-likeness (QED) is 0.0377. The van der Waals surface area contributed by atoms with Crippen LogP contribution in [0, 0.1) is 0 Å². The van der Waals surface area contributed by atoms with Crippen LogP contribution in [0.5, 0.6) is 0 Å². The number of hydrogen-bond donors (Lipinski definition) is 0. The molecule has 0 fully saturated rings. The molecule has 0 amide bonds. The molecule has 0 N–H and O–H groups in total. The maximum Gasteiger partial charge on any atom is 0.264 e. The Balaban J connectivity index is 1.01. The molecular weight excluding hydrogens is 1130 g/mol. The fourth-order valence-electron chi connectivity index (χ4n) is 12.4. The number of aromatic nitrogens is 2. The Morgan fingerprint density at radius 2 is 0.793 bits per heavy atom. The van der Waals surface area contributed by atoms with Crippen LogP contribution >= 0.6 is 79.4 Å². The van der Waals surface area contributed by atoms with E-state index in [0.717, 1.165) is 63.9 Å². The van der Waals surface area contributed by atoms with Crippen molar-refractivity contribution in [3.63, 3.8) is 0 Å². The Kier molecular flexibility index (Phi) is 21.2. The van der Waals surface area contributed by atoms with Gasteiger partial charge in [-0.2, -0.15) is 0 Å². The zero-order chi connectivity index (χ0) is 56.2. The highest BCUT2D eigenvalue weighted by molar-refractivity contribution is 7.32. The molecule has 0 aliphatic rings. The van der Waals surface area contributed by atoms with Gasteiger partial charge in [-0.05, 0) is 144 Å². The lowest BCUT2D eigenvalue weighted by Gasteiger charge is -2.07. The maximum absolute atomic E-state index is 15.3. The first kappa shape index (κ1) is 59.5. The Hall–Kier alpha value is -4.26. The van der Waals surface area contributed by atoms with Crippen LogP contribution in [0.2, 0.25) is 0 Å². The molecule has 9 aromatic heterocycles. The molecular formula is C72H84N2OS7. The van der Waals surface area contributed by atoms with Gasteiger partial charge in [0, 0.05) is 64.9 Å². The van der Waals surface area contributed by atoms with Crippen molar-refractivity contribution in [2.24, 2.45) is 0 Å². The van der Waals surface area contributed by atoms with E-state index < -0.39 is 0 Å². The molecule has 0 atom stereocenters. The third-order valence-electron chi connectivity index (χ3n) is 17.0. The average molecular weight is 1220 g/mol. The molecule has 0 bridgehead atoms. The van der Waals surface area contributed by atoms with Gasteiger partial charge in [0.15, 0.2) is 0 Å². The molecule has 0 saturated carbocycles. The highest BCUT2D eigenvalue weighted by Crippen LogP contribution is 2.54. The van der Waals surface area contributed by atoms with E-state index in [-0.39, 0.29) is 5.56 Å². The van der Waals surface area contributed by atoms with E-state index in [0.29, 0.717) is 0 Å². The number of hydrogen-bond acceptors (Lipinski definition) is 9. The van der Waals surface area contributed by atoms with Gasteiger partial charge in [-0.1, -0.05) is 186 Å². The normalized spacial score (nSPS) is 12.1. The predicted octanol–water partition coefficient (Wildman–Crippen LogP) is 25.6. The molecule has 0 aliphatic heterocycles. The van der Waals surface area contributed by atoms with Crippen molar-refractivity contribution in [3.8, 4) is 58.5 Å². The number of imidazole rings is 1. The number of thiophene rings is 7. The van der Waals surface area contributed by atoms with E-state index >= 15 is 4.79 Å². The van der Waals surface area contributed by atoms with Crippen LogP contribution in [-0.4, -0.2) is 9.38 Å². The number of aryl methyl sites for hydroxylation is 4. The van der Waals surface area contributed by atoms with Crippen LogP contribution in [0.4, 0.5) is 0 Å². The molecule has 0 saturated heterocycles. The van der Waals surface area contributed by atoms with Gasteiger partial charge in [0.2, 0.25) is 0 Å². The number of fused-ring (bicyclic) bond motifs is 4. The third-order valence-corrected chi connectivity index (χ3v) is 25.6. The van der Waals surface area contributed by atoms with Crippen LogP contribution in [-0.2, 0) is 25.7 Å². The highest BCUT2D eigenvalue weighted by Gasteiger charge is 2.28. The van der Waals surface area contributed by atoms with Gasteiger partial charge in [-0.25, -0.2) is 4.98 Å². The minimum absolute atomic E-state index is 0.0262. The van der Waals surface area contributed by atoms with Gasteiger partial charge in [0.1, 0.15) is 11.2 Å². The molecule has 3 nitrogen and oxygen atoms in total. The van der Waals surface area contributed by atoms with E-state index in [1.54, 1.807) is 0 Å². The molecule has 11 aromatic rings. The molecule has 2 aromatic carbocycles. The Morgan fingerprint density at radius 3 is 1.27 bits per heavy atom. The van der Waals surface area contributed by atoms with Gasteiger partial charge in [-0.15, -0.1) is 79.4 Å². The van der Waals surface area contributed by atoms with Crippen LogP contribution in [0.3, 0.4) is 0 Å². The highest BCUT2D eigenvalue weighted by atomic mass is 32.1. The number of nitrogens with zero attached hydrogens (tertiary/aromatic N) is 2. The van der Waals surface area contributed by atoms with Gasteiger partial charge >= 0.3 is 0 Å². The second-order valence-electron chi connectivity index (χ2n) is 23.1. The van der Waals surface area contributed by atoms with Gasteiger partial charge in [0.05, 0.1) is 15.3 Å². The first-order chi connectivity index (χ1) is 40.5. The topological polar surface area (TPSA) is 34.4 Å². The summed E-state index contributed by atoms with van der Waals surface area (Å²) in [5.41, 5.74) is 8.65. The average Bonchev–Trinajstić information content (AvgIpc) is 3.52. The molecule has 10 heteroatoms. The lowest BCUT2D eigenvalue weighted by molar-refractivity contribution is 0.608. The van der Waals surface area contributed by atoms with Crippen molar-refractivity contribution in [1.29, 1.82) is 0 Å². The smallest absolute Gasteiger partial charge is 0.264 e. The monoisotopic (exact) mass is 1220 g/mol. The summed E-state index contributed by atoms with van der Waals surface area (Å²) in [6.07, 6.45) is 35.6. The molecule has 0 aliphatic carbocycles. The first-order valence-corrected chi connectivity index (χ1v) is 37.5. The summed E-state index contributed by atoms with van der Waals surface area (Å²) in [5, 5.41) is 8.54. The number of unbranched alkanes of at least 4 members (excludes halogenated alkanes) is 20. The Labute approximate surface area is 516 Å². The zero-order valence-electron chi connectivity index (χ0n) is 49.2. The van der Waals surface area contributed by atoms with Gasteiger partial charge < -0.3 is 0 Å². The minimum Gasteiger partial charge on any atom is -0.268 e. The first-order valence-electron chi connectivity index (χ1n) is 31.7. The van der Waals surface area contributed by atoms with E-state index in [2.05, 4.69) is 111 Å². The zero-order valence-corrected chi connectivity index (χ0v) is 54.9. The van der Waals surface area contributed by atoms with Crippen LogP contribution in [0.25, 0.3) is 96.8 Å². The van der Waals surface area contributed by atoms with E-state index in [4.69, 9.17) is 4.98 Å². The van der Waals surface area contributed by atoms with Crippen LogP contribution < -0.4 is 5.56 Å². The standard InChI is InChI=1S/C72H84N2OS7/c1-5-9-13-17-21-25-31-50-43-45-76-65(50)56-39-41-58(78-56)67-52(33-27-23-19-15-11-7-3)47-60(80-67)69-63-64(74-71(73-63)54-37-29-35-49-36-30-38-55(62(49)54)72(74)75)70(82-69)61-48-53(34-28-24-20-16-12-8-4)68(81-61)59-42-40-57(79-59)66-51(44-46-77-66)32-26-22-18-14-10-6-2/h29-30,35-48H,5-28,31-34H2,1-4H3. The lowest BCUT2D eigenvalue weighted by atomic mass is 10.0. The fraction of sp³-hybridized carbons (Fsp3) is 0.444. The SMILES string of the molecule is CCCCCCCCc1ccsc1-c1ccc(-c2sc(-c3sc(-c4cc(CCCCCCCC)c(-c5ccc(-c6sccc6CCCCCCCC)s5)s4)c4c3nc3c5cccc6cccc(c(=O)n34)c65)cc2CCCCCCCC)s1. The Morgan fingerprint density at radius 1 is 0.378 bits per heavy atom. The second kappa shape index (κ2) is 29.2. The number of pyridine rings is 1. The molecule has 11 rings (SSSR count). The Bertz CT molecular complexity index is 3840. The number of rotatable bonds is 34. The third kappa shape index (κ3) is 13.4. The molecule has 430 valence electrons.